The second kappa shape index (κ2) is 14.3. The number of thiol groups is 1. The van der Waals surface area contributed by atoms with Gasteiger partial charge in [-0.05, 0) is 106 Å². The van der Waals surface area contributed by atoms with E-state index in [0.29, 0.717) is 23.1 Å². The molecule has 4 unspecified atom stereocenters. The van der Waals surface area contributed by atoms with Crippen molar-refractivity contribution in [1.82, 2.24) is 10.2 Å². The van der Waals surface area contributed by atoms with Crippen molar-refractivity contribution < 1.29 is 0 Å². The van der Waals surface area contributed by atoms with Crippen LogP contribution in [0.3, 0.4) is 0 Å². The molecule has 204 valence electrons. The number of hydrogen-bond donors (Lipinski definition) is 2. The molecule has 1 N–H and O–H groups in total. The molecule has 0 spiro atoms. The van der Waals surface area contributed by atoms with E-state index in [1.54, 1.807) is 16.7 Å². The van der Waals surface area contributed by atoms with E-state index in [9.17, 15) is 0 Å². The lowest BCUT2D eigenvalue weighted by molar-refractivity contribution is 0.320. The number of nitrogens with zero attached hydrogens (tertiary/aromatic N) is 1. The van der Waals surface area contributed by atoms with Crippen LogP contribution >= 0.6 is 12.6 Å². The number of rotatable bonds is 13. The fraction of sp³-hybridized carbons (Fsp3) is 0.588. The first-order valence-electron chi connectivity index (χ1n) is 14.7. The Hall–Kier alpha value is -1.87. The van der Waals surface area contributed by atoms with Crippen LogP contribution in [0.15, 0.2) is 60.1 Å². The smallest absolute Gasteiger partial charge is 0.0510 e. The van der Waals surface area contributed by atoms with Crippen molar-refractivity contribution in [2.24, 2.45) is 5.92 Å². The van der Waals surface area contributed by atoms with E-state index in [4.69, 9.17) is 12.6 Å². The Balaban J connectivity index is 1.66. The second-order valence-corrected chi connectivity index (χ2v) is 12.3. The molecule has 0 saturated heterocycles. The molecule has 0 aromatic heterocycles. The Kier molecular flexibility index (Phi) is 11.5. The van der Waals surface area contributed by atoms with E-state index < -0.39 is 0 Å². The van der Waals surface area contributed by atoms with Crippen molar-refractivity contribution >= 4 is 12.6 Å². The number of nitrogens with one attached hydrogen (secondary N) is 1. The first kappa shape index (κ1) is 29.7. The summed E-state index contributed by atoms with van der Waals surface area (Å²) in [6.07, 6.45) is 20.2. The van der Waals surface area contributed by atoms with Gasteiger partial charge in [-0.3, -0.25) is 0 Å². The largest absolute Gasteiger partial charge is 0.387 e. The lowest BCUT2D eigenvalue weighted by atomic mass is 9.80. The van der Waals surface area contributed by atoms with Gasteiger partial charge in [-0.25, -0.2) is 0 Å². The first-order chi connectivity index (χ1) is 17.8. The lowest BCUT2D eigenvalue weighted by Gasteiger charge is -2.30. The maximum Gasteiger partial charge on any atom is 0.0510 e. The van der Waals surface area contributed by atoms with Gasteiger partial charge in [0.25, 0.3) is 0 Å². The molecule has 37 heavy (non-hydrogen) atoms. The fourth-order valence-corrected chi connectivity index (χ4v) is 7.09. The third-order valence-corrected chi connectivity index (χ3v) is 8.88. The van der Waals surface area contributed by atoms with Crippen LogP contribution in [0.25, 0.3) is 0 Å². The van der Waals surface area contributed by atoms with Crippen molar-refractivity contribution in [3.8, 4) is 0 Å². The summed E-state index contributed by atoms with van der Waals surface area (Å²) in [6, 6.07) is 5.40. The molecule has 3 heteroatoms. The number of aryl methyl sites for hydroxylation is 3. The van der Waals surface area contributed by atoms with E-state index in [1.165, 1.54) is 67.3 Å². The van der Waals surface area contributed by atoms with Gasteiger partial charge in [0.15, 0.2) is 0 Å². The molecule has 0 bridgehead atoms. The van der Waals surface area contributed by atoms with E-state index >= 15 is 0 Å². The molecule has 0 fully saturated rings. The zero-order chi connectivity index (χ0) is 26.9. The van der Waals surface area contributed by atoms with Crippen LogP contribution in [0, 0.1) is 12.8 Å². The Bertz CT molecular complexity index is 999. The minimum Gasteiger partial charge on any atom is -0.387 e. The van der Waals surface area contributed by atoms with E-state index in [-0.39, 0.29) is 0 Å². The van der Waals surface area contributed by atoms with Crippen LogP contribution in [-0.2, 0) is 12.8 Å². The van der Waals surface area contributed by atoms with Crippen LogP contribution < -0.4 is 5.32 Å². The molecule has 1 aromatic rings. The molecule has 1 heterocycles. The van der Waals surface area contributed by atoms with Crippen LogP contribution in [0.2, 0.25) is 0 Å². The predicted octanol–water partition coefficient (Wildman–Crippen LogP) is 9.03. The zero-order valence-electron chi connectivity index (χ0n) is 24.4. The Morgan fingerprint density at radius 3 is 2.62 bits per heavy atom. The van der Waals surface area contributed by atoms with Crippen molar-refractivity contribution in [1.29, 1.82) is 0 Å². The van der Waals surface area contributed by atoms with Crippen molar-refractivity contribution in [3.63, 3.8) is 0 Å². The van der Waals surface area contributed by atoms with Gasteiger partial charge in [-0.2, -0.15) is 12.6 Å². The Labute approximate surface area is 233 Å². The zero-order valence-corrected chi connectivity index (χ0v) is 25.3. The number of allylic oxidation sites excluding steroid dienone is 4. The highest BCUT2D eigenvalue weighted by Crippen LogP contribution is 2.37. The average molecular weight is 521 g/mol. The summed E-state index contributed by atoms with van der Waals surface area (Å²) < 4.78 is 0. The molecular weight excluding hydrogens is 468 g/mol. The maximum absolute atomic E-state index is 4.75. The average Bonchev–Trinajstić information content (AvgIpc) is 3.10. The van der Waals surface area contributed by atoms with E-state index in [2.05, 4.69) is 88.8 Å². The highest BCUT2D eigenvalue weighted by atomic mass is 32.1. The molecule has 1 aromatic carbocycles. The second-order valence-electron chi connectivity index (χ2n) is 11.5. The Morgan fingerprint density at radius 2 is 1.97 bits per heavy atom. The summed E-state index contributed by atoms with van der Waals surface area (Å²) in [7, 11) is 0. The van der Waals surface area contributed by atoms with Crippen molar-refractivity contribution in [3.05, 3.63) is 82.4 Å². The Morgan fingerprint density at radius 1 is 1.19 bits per heavy atom. The highest BCUT2D eigenvalue weighted by molar-refractivity contribution is 7.81. The van der Waals surface area contributed by atoms with Gasteiger partial charge in [0.05, 0.1) is 6.04 Å². The lowest BCUT2D eigenvalue weighted by Crippen LogP contribution is -2.35. The molecule has 2 aliphatic rings. The SMILES string of the molecule is C=CN1C(C)=C(CN/C=C/CCc2cc(CCCCC)cc(C)c2C2C=C(C)CCC2)C(C)C1C(C)S. The summed E-state index contributed by atoms with van der Waals surface area (Å²) >= 11 is 4.75. The van der Waals surface area contributed by atoms with Gasteiger partial charge in [0.2, 0.25) is 0 Å². The molecule has 1 aliphatic heterocycles. The number of unbranched alkanes of at least 4 members (excludes halogenated alkanes) is 2. The van der Waals surface area contributed by atoms with Gasteiger partial charge in [-0.15, -0.1) is 0 Å². The third kappa shape index (κ3) is 7.59. The minimum atomic E-state index is 0.300. The number of hydrogen-bond acceptors (Lipinski definition) is 3. The highest BCUT2D eigenvalue weighted by Gasteiger charge is 2.36. The first-order valence-corrected chi connectivity index (χ1v) is 15.3. The van der Waals surface area contributed by atoms with E-state index in [1.807, 2.05) is 6.20 Å². The van der Waals surface area contributed by atoms with Crippen molar-refractivity contribution in [2.75, 3.05) is 6.54 Å². The third-order valence-electron chi connectivity index (χ3n) is 8.58. The molecule has 2 nitrogen and oxygen atoms in total. The number of benzene rings is 1. The summed E-state index contributed by atoms with van der Waals surface area (Å²) in [5.74, 6) is 1.06. The summed E-state index contributed by atoms with van der Waals surface area (Å²) in [6.45, 7) is 18.6. The van der Waals surface area contributed by atoms with Gasteiger partial charge in [-0.1, -0.05) is 70.0 Å². The minimum absolute atomic E-state index is 0.300. The molecule has 0 saturated carbocycles. The predicted molar refractivity (Wildman–Crippen MR) is 166 cm³/mol. The van der Waals surface area contributed by atoms with Crippen LogP contribution in [0.1, 0.15) is 108 Å². The standard InChI is InChI=1S/C34H52N2S/c1-8-10-11-16-29-21-25(4)33(30-18-14-15-24(3)20-30)31(22-29)17-12-13-19-35-23-32-26(5)34(28(7)37)36(9-2)27(32)6/h9,13,19-22,26,28,30,34-35,37H,2,8,10-12,14-18,23H2,1,3-7H3/b19-13+. The van der Waals surface area contributed by atoms with Gasteiger partial charge in [0, 0.05) is 29.3 Å². The molecule has 1 aliphatic carbocycles. The quantitative estimate of drug-likeness (QED) is 0.153. The normalized spacial score (nSPS) is 23.1. The molecular formula is C34H52N2S. The topological polar surface area (TPSA) is 15.3 Å². The van der Waals surface area contributed by atoms with Gasteiger partial charge >= 0.3 is 0 Å². The van der Waals surface area contributed by atoms with Gasteiger partial charge < -0.3 is 10.2 Å². The summed E-state index contributed by atoms with van der Waals surface area (Å²) in [5, 5.41) is 3.89. The van der Waals surface area contributed by atoms with Gasteiger partial charge in [0.1, 0.15) is 0 Å². The molecule has 0 radical (unpaired) electrons. The van der Waals surface area contributed by atoms with E-state index in [0.717, 1.165) is 19.4 Å². The maximum atomic E-state index is 4.75. The monoisotopic (exact) mass is 520 g/mol. The molecule has 3 rings (SSSR count). The van der Waals surface area contributed by atoms with Crippen LogP contribution in [0.5, 0.6) is 0 Å². The molecule has 4 atom stereocenters. The fourth-order valence-electron chi connectivity index (χ4n) is 6.69. The van der Waals surface area contributed by atoms with Crippen molar-refractivity contribution in [2.45, 2.75) is 117 Å². The van der Waals surface area contributed by atoms with Crippen LogP contribution in [0.4, 0.5) is 0 Å². The molecule has 0 amide bonds. The van der Waals surface area contributed by atoms with Crippen LogP contribution in [-0.4, -0.2) is 22.7 Å². The summed E-state index contributed by atoms with van der Waals surface area (Å²) in [4.78, 5) is 2.31. The summed E-state index contributed by atoms with van der Waals surface area (Å²) in [5.41, 5.74) is 10.6.